The van der Waals surface area contributed by atoms with Crippen molar-refractivity contribution >= 4 is 5.82 Å². The van der Waals surface area contributed by atoms with Gasteiger partial charge in [-0.3, -0.25) is 0 Å². The molecule has 0 aliphatic carbocycles. The quantitative estimate of drug-likeness (QED) is 0.750. The molecule has 3 rings (SSSR count). The zero-order valence-corrected chi connectivity index (χ0v) is 10.9. The Morgan fingerprint density at radius 3 is 2.55 bits per heavy atom. The van der Waals surface area contributed by atoms with Gasteiger partial charge in [-0.2, -0.15) is 0 Å². The van der Waals surface area contributed by atoms with E-state index in [0.717, 1.165) is 16.8 Å². The lowest BCUT2D eigenvalue weighted by Gasteiger charge is -2.01. The van der Waals surface area contributed by atoms with Gasteiger partial charge in [0.05, 0.1) is 11.9 Å². The summed E-state index contributed by atoms with van der Waals surface area (Å²) in [5, 5.41) is 0. The van der Waals surface area contributed by atoms with Crippen LogP contribution in [-0.4, -0.2) is 15.0 Å². The topological polar surface area (TPSA) is 67.6 Å². The van der Waals surface area contributed by atoms with E-state index in [9.17, 15) is 4.39 Å². The highest BCUT2D eigenvalue weighted by Crippen LogP contribution is 2.23. The van der Waals surface area contributed by atoms with E-state index in [4.69, 9.17) is 5.73 Å². The Morgan fingerprint density at radius 2 is 1.85 bits per heavy atom. The Kier molecular flexibility index (Phi) is 2.95. The summed E-state index contributed by atoms with van der Waals surface area (Å²) in [6.45, 7) is 1.74. The van der Waals surface area contributed by atoms with E-state index in [1.54, 1.807) is 37.5 Å². The minimum atomic E-state index is -0.212. The van der Waals surface area contributed by atoms with Gasteiger partial charge in [-0.1, -0.05) is 0 Å². The number of hydrogen-bond acceptors (Lipinski definition) is 3. The predicted octanol–water partition coefficient (Wildman–Crippen LogP) is 3.17. The van der Waals surface area contributed by atoms with Gasteiger partial charge in [0, 0.05) is 17.3 Å². The van der Waals surface area contributed by atoms with E-state index in [1.165, 1.54) is 6.07 Å². The summed E-state index contributed by atoms with van der Waals surface area (Å²) in [6, 6.07) is 8.53. The first-order valence-electron chi connectivity index (χ1n) is 6.17. The molecule has 1 aromatic carbocycles. The molecular formula is C15H13FN4. The van der Waals surface area contributed by atoms with Crippen LogP contribution in [0.15, 0.2) is 42.7 Å². The first kappa shape index (κ1) is 12.3. The molecule has 0 saturated carbocycles. The van der Waals surface area contributed by atoms with Gasteiger partial charge in [-0.05, 0) is 42.8 Å². The van der Waals surface area contributed by atoms with Crippen molar-refractivity contribution < 1.29 is 4.39 Å². The van der Waals surface area contributed by atoms with Crippen LogP contribution < -0.4 is 5.73 Å². The maximum Gasteiger partial charge on any atom is 0.139 e. The number of nitrogen functional groups attached to an aromatic ring is 1. The van der Waals surface area contributed by atoms with E-state index < -0.39 is 0 Å². The van der Waals surface area contributed by atoms with Crippen molar-refractivity contribution in [2.75, 3.05) is 5.73 Å². The molecule has 5 heteroatoms. The van der Waals surface area contributed by atoms with Crippen molar-refractivity contribution in [1.82, 2.24) is 15.0 Å². The van der Waals surface area contributed by atoms with Crippen molar-refractivity contribution in [2.24, 2.45) is 0 Å². The third-order valence-corrected chi connectivity index (χ3v) is 3.10. The normalized spacial score (nSPS) is 10.7. The van der Waals surface area contributed by atoms with Crippen LogP contribution in [0.3, 0.4) is 0 Å². The predicted molar refractivity (Wildman–Crippen MR) is 76.4 cm³/mol. The number of anilines is 1. The fourth-order valence-electron chi connectivity index (χ4n) is 1.97. The van der Waals surface area contributed by atoms with Crippen LogP contribution in [-0.2, 0) is 0 Å². The molecule has 0 bridgehead atoms. The lowest BCUT2D eigenvalue weighted by molar-refractivity contribution is 0.619. The Bertz CT molecular complexity index is 747. The van der Waals surface area contributed by atoms with Crippen molar-refractivity contribution in [3.05, 3.63) is 54.1 Å². The molecule has 4 nitrogen and oxygen atoms in total. The van der Waals surface area contributed by atoms with Crippen LogP contribution in [0.4, 0.5) is 10.2 Å². The summed E-state index contributed by atoms with van der Waals surface area (Å²) in [5.74, 6) is 0.959. The fourth-order valence-corrected chi connectivity index (χ4v) is 1.97. The third-order valence-electron chi connectivity index (χ3n) is 3.10. The number of nitrogens with zero attached hydrogens (tertiary/aromatic N) is 2. The second kappa shape index (κ2) is 4.77. The molecule has 3 aromatic rings. The number of aromatic amines is 1. The smallest absolute Gasteiger partial charge is 0.139 e. The van der Waals surface area contributed by atoms with Gasteiger partial charge in [0.15, 0.2) is 0 Å². The van der Waals surface area contributed by atoms with E-state index in [1.807, 2.05) is 6.07 Å². The fraction of sp³-hybridized carbons (Fsp3) is 0.0667. The highest BCUT2D eigenvalue weighted by atomic mass is 19.1. The Morgan fingerprint density at radius 1 is 1.05 bits per heavy atom. The zero-order valence-electron chi connectivity index (χ0n) is 10.9. The average molecular weight is 268 g/mol. The number of halogens is 1. The van der Waals surface area contributed by atoms with Gasteiger partial charge in [-0.25, -0.2) is 14.4 Å². The molecule has 100 valence electrons. The second-order valence-corrected chi connectivity index (χ2v) is 4.58. The number of nitrogens with one attached hydrogen (secondary N) is 1. The summed E-state index contributed by atoms with van der Waals surface area (Å²) < 4.78 is 13.3. The van der Waals surface area contributed by atoms with Crippen LogP contribution in [0.25, 0.3) is 22.6 Å². The average Bonchev–Trinajstić information content (AvgIpc) is 2.92. The van der Waals surface area contributed by atoms with Crippen LogP contribution in [0, 0.1) is 12.7 Å². The summed E-state index contributed by atoms with van der Waals surface area (Å²) in [7, 11) is 0. The van der Waals surface area contributed by atoms with Gasteiger partial charge in [-0.15, -0.1) is 0 Å². The molecule has 3 N–H and O–H groups in total. The molecular weight excluding hydrogens is 255 g/mol. The molecule has 20 heavy (non-hydrogen) atoms. The lowest BCUT2D eigenvalue weighted by Crippen LogP contribution is -1.89. The van der Waals surface area contributed by atoms with Crippen molar-refractivity contribution in [2.45, 2.75) is 6.92 Å². The molecule has 0 unspecified atom stereocenters. The number of aromatic nitrogens is 3. The minimum Gasteiger partial charge on any atom is -0.384 e. The number of imidazole rings is 1. The second-order valence-electron chi connectivity index (χ2n) is 4.58. The molecule has 0 spiro atoms. The largest absolute Gasteiger partial charge is 0.384 e. The Balaban J connectivity index is 1.97. The van der Waals surface area contributed by atoms with E-state index >= 15 is 0 Å². The van der Waals surface area contributed by atoms with Crippen LogP contribution >= 0.6 is 0 Å². The highest BCUT2D eigenvalue weighted by Gasteiger charge is 2.07. The lowest BCUT2D eigenvalue weighted by atomic mass is 10.1. The molecule has 0 fully saturated rings. The number of aryl methyl sites for hydroxylation is 1. The van der Waals surface area contributed by atoms with E-state index in [-0.39, 0.29) is 5.82 Å². The number of benzene rings is 1. The SMILES string of the molecule is Cc1cc(-c2cnc(-c3ccc(N)nc3)[nH]2)ccc1F. The van der Waals surface area contributed by atoms with Crippen LogP contribution in [0.2, 0.25) is 0 Å². The number of pyridine rings is 1. The van der Waals surface area contributed by atoms with E-state index in [0.29, 0.717) is 17.2 Å². The maximum atomic E-state index is 13.3. The van der Waals surface area contributed by atoms with Crippen molar-refractivity contribution in [3.8, 4) is 22.6 Å². The van der Waals surface area contributed by atoms with E-state index in [2.05, 4.69) is 15.0 Å². The standard InChI is InChI=1S/C15H13FN4/c1-9-6-10(2-4-12(9)16)13-8-19-15(20-13)11-3-5-14(17)18-7-11/h2-8H,1H3,(H2,17,18)(H,19,20). The molecule has 0 amide bonds. The first-order chi connectivity index (χ1) is 9.63. The monoisotopic (exact) mass is 268 g/mol. The summed E-state index contributed by atoms with van der Waals surface area (Å²) in [6.07, 6.45) is 3.38. The van der Waals surface area contributed by atoms with Gasteiger partial charge in [0.1, 0.15) is 17.5 Å². The van der Waals surface area contributed by atoms with Gasteiger partial charge in [0.2, 0.25) is 0 Å². The molecule has 0 radical (unpaired) electrons. The van der Waals surface area contributed by atoms with Crippen molar-refractivity contribution in [1.29, 1.82) is 0 Å². The molecule has 2 heterocycles. The van der Waals surface area contributed by atoms with Gasteiger partial charge < -0.3 is 10.7 Å². The number of rotatable bonds is 2. The number of hydrogen-bond donors (Lipinski definition) is 2. The molecule has 0 aliphatic heterocycles. The zero-order chi connectivity index (χ0) is 14.1. The summed E-state index contributed by atoms with van der Waals surface area (Å²) >= 11 is 0. The molecule has 2 aromatic heterocycles. The minimum absolute atomic E-state index is 0.212. The van der Waals surface area contributed by atoms with Gasteiger partial charge in [0.25, 0.3) is 0 Å². The first-order valence-corrected chi connectivity index (χ1v) is 6.17. The number of H-pyrrole nitrogens is 1. The Labute approximate surface area is 115 Å². The van der Waals surface area contributed by atoms with Crippen LogP contribution in [0.1, 0.15) is 5.56 Å². The summed E-state index contributed by atoms with van der Waals surface area (Å²) in [4.78, 5) is 11.5. The van der Waals surface area contributed by atoms with Gasteiger partial charge >= 0.3 is 0 Å². The molecule has 0 saturated heterocycles. The maximum absolute atomic E-state index is 13.3. The highest BCUT2D eigenvalue weighted by molar-refractivity contribution is 5.65. The number of nitrogens with two attached hydrogens (primary N) is 1. The van der Waals surface area contributed by atoms with Crippen LogP contribution in [0.5, 0.6) is 0 Å². The Hall–Kier alpha value is -2.69. The summed E-state index contributed by atoms with van der Waals surface area (Å²) in [5.41, 5.74) is 8.74. The molecule has 0 atom stereocenters. The van der Waals surface area contributed by atoms with Crippen molar-refractivity contribution in [3.63, 3.8) is 0 Å². The third kappa shape index (κ3) is 2.25. The molecule has 0 aliphatic rings.